The molecule has 4 heteroatoms. The second kappa shape index (κ2) is 3.10. The average molecular weight is 215 g/mol. The van der Waals surface area contributed by atoms with Crippen LogP contribution in [0.2, 0.25) is 0 Å². The first-order valence-electron chi connectivity index (χ1n) is 4.63. The van der Waals surface area contributed by atoms with Gasteiger partial charge in [-0.1, -0.05) is 17.4 Å². The lowest BCUT2D eigenvalue weighted by Crippen LogP contribution is -2.09. The van der Waals surface area contributed by atoms with Gasteiger partial charge in [0.2, 0.25) is 0 Å². The van der Waals surface area contributed by atoms with Crippen molar-refractivity contribution in [2.75, 3.05) is 5.73 Å². The molecule has 0 aromatic carbocycles. The Morgan fingerprint density at radius 1 is 1.27 bits per heavy atom. The highest BCUT2D eigenvalue weighted by Gasteiger charge is 2.17. The second-order valence-electron chi connectivity index (χ2n) is 3.29. The molecule has 1 aliphatic carbocycles. The van der Waals surface area contributed by atoms with Crippen LogP contribution in [0.4, 0.5) is 5.13 Å². The third-order valence-corrected chi connectivity index (χ3v) is 3.17. The van der Waals surface area contributed by atoms with E-state index in [1.54, 1.807) is 0 Å². The van der Waals surface area contributed by atoms with Gasteiger partial charge < -0.3 is 11.1 Å². The number of nitrogen functional groups attached to an aromatic ring is 1. The van der Waals surface area contributed by atoms with Gasteiger partial charge in [0.1, 0.15) is 0 Å². The number of nitrogens with zero attached hydrogens (tertiary/aromatic N) is 1. The van der Waals surface area contributed by atoms with Gasteiger partial charge in [0.25, 0.3) is 0 Å². The van der Waals surface area contributed by atoms with E-state index in [0.29, 0.717) is 5.13 Å². The zero-order valence-electron chi connectivity index (χ0n) is 7.90. The molecule has 74 valence electrons. The molecule has 2 aliphatic rings. The first-order valence-corrected chi connectivity index (χ1v) is 5.45. The molecule has 0 bridgehead atoms. The Hall–Kier alpha value is -1.81. The van der Waals surface area contributed by atoms with Crippen LogP contribution in [0.1, 0.15) is 10.6 Å². The molecule has 0 spiro atoms. The van der Waals surface area contributed by atoms with Gasteiger partial charge in [0, 0.05) is 17.5 Å². The van der Waals surface area contributed by atoms with Crippen molar-refractivity contribution in [1.29, 1.82) is 0 Å². The van der Waals surface area contributed by atoms with Crippen LogP contribution in [0.25, 0.3) is 11.6 Å². The van der Waals surface area contributed by atoms with Gasteiger partial charge in [-0.25, -0.2) is 4.98 Å². The summed E-state index contributed by atoms with van der Waals surface area (Å²) in [4.78, 5) is 5.47. The standard InChI is InChI=1S/C11H9N3S/c12-11-14-10-7-3-2-6-13-8(7)4-1-5-9(10)15-11/h1-6,13H,(H2,12,14). The summed E-state index contributed by atoms with van der Waals surface area (Å²) in [7, 11) is 0. The number of aromatic nitrogens is 1. The predicted molar refractivity (Wildman–Crippen MR) is 63.9 cm³/mol. The van der Waals surface area contributed by atoms with Gasteiger partial charge in [-0.3, -0.25) is 0 Å². The fourth-order valence-corrected chi connectivity index (χ4v) is 2.44. The number of hydrogen-bond donors (Lipinski definition) is 2. The molecule has 1 aliphatic heterocycles. The quantitative estimate of drug-likeness (QED) is 0.697. The molecule has 3 N–H and O–H groups in total. The van der Waals surface area contributed by atoms with Crippen LogP contribution in [0.5, 0.6) is 0 Å². The summed E-state index contributed by atoms with van der Waals surface area (Å²) >= 11 is 1.51. The Bertz CT molecular complexity index is 532. The Kier molecular flexibility index (Phi) is 1.76. The second-order valence-corrected chi connectivity index (χ2v) is 4.35. The lowest BCUT2D eigenvalue weighted by atomic mass is 10.1. The number of nitrogens with one attached hydrogen (secondary N) is 1. The van der Waals surface area contributed by atoms with Crippen molar-refractivity contribution >= 4 is 28.1 Å². The van der Waals surface area contributed by atoms with Crippen molar-refractivity contribution < 1.29 is 0 Å². The van der Waals surface area contributed by atoms with Crippen molar-refractivity contribution in [1.82, 2.24) is 10.3 Å². The van der Waals surface area contributed by atoms with E-state index in [4.69, 9.17) is 5.73 Å². The Balaban J connectivity index is 2.25. The molecule has 0 atom stereocenters. The molecule has 0 fully saturated rings. The summed E-state index contributed by atoms with van der Waals surface area (Å²) in [5.41, 5.74) is 8.86. The predicted octanol–water partition coefficient (Wildman–Crippen LogP) is 2.14. The summed E-state index contributed by atoms with van der Waals surface area (Å²) in [5.74, 6) is 0. The number of allylic oxidation sites excluding steroid dienone is 5. The van der Waals surface area contributed by atoms with Gasteiger partial charge in [0.15, 0.2) is 5.13 Å². The molecule has 0 radical (unpaired) electrons. The fraction of sp³-hybridized carbons (Fsp3) is 0. The zero-order chi connectivity index (χ0) is 10.3. The molecule has 0 unspecified atom stereocenters. The van der Waals surface area contributed by atoms with Crippen LogP contribution in [0, 0.1) is 0 Å². The summed E-state index contributed by atoms with van der Waals surface area (Å²) in [6.07, 6.45) is 12.0. The number of rotatable bonds is 0. The number of thiazole rings is 1. The van der Waals surface area contributed by atoms with Crippen LogP contribution < -0.4 is 11.1 Å². The third kappa shape index (κ3) is 1.30. The molecule has 3 nitrogen and oxygen atoms in total. The Morgan fingerprint density at radius 2 is 2.20 bits per heavy atom. The van der Waals surface area contributed by atoms with Gasteiger partial charge in [0.05, 0.1) is 10.6 Å². The molecule has 1 aromatic heterocycles. The fourth-order valence-electron chi connectivity index (χ4n) is 1.68. The van der Waals surface area contributed by atoms with Crippen LogP contribution >= 0.6 is 11.3 Å². The van der Waals surface area contributed by atoms with Crippen molar-refractivity contribution in [3.05, 3.63) is 46.8 Å². The van der Waals surface area contributed by atoms with Gasteiger partial charge >= 0.3 is 0 Å². The molecule has 2 heterocycles. The van der Waals surface area contributed by atoms with Crippen LogP contribution in [0.3, 0.4) is 0 Å². The Morgan fingerprint density at radius 3 is 3.13 bits per heavy atom. The third-order valence-electron chi connectivity index (χ3n) is 2.32. The van der Waals surface area contributed by atoms with Crippen molar-refractivity contribution in [2.45, 2.75) is 0 Å². The number of nitrogens with two attached hydrogens (primary N) is 1. The number of fused-ring (bicyclic) bond motifs is 3. The van der Waals surface area contributed by atoms with Crippen molar-refractivity contribution in [3.63, 3.8) is 0 Å². The molecule has 0 saturated heterocycles. The number of dihydropyridines is 1. The topological polar surface area (TPSA) is 50.9 Å². The first kappa shape index (κ1) is 8.49. The summed E-state index contributed by atoms with van der Waals surface area (Å²) in [6, 6.07) is 0. The Labute approximate surface area is 91.3 Å². The maximum Gasteiger partial charge on any atom is 0.181 e. The maximum absolute atomic E-state index is 5.72. The van der Waals surface area contributed by atoms with E-state index in [0.717, 1.165) is 21.8 Å². The highest BCUT2D eigenvalue weighted by atomic mass is 32.1. The molecule has 3 rings (SSSR count). The minimum atomic E-state index is 0.612. The van der Waals surface area contributed by atoms with E-state index >= 15 is 0 Å². The normalized spacial score (nSPS) is 17.1. The lowest BCUT2D eigenvalue weighted by Gasteiger charge is -2.12. The molecule has 0 saturated carbocycles. The van der Waals surface area contributed by atoms with E-state index < -0.39 is 0 Å². The number of anilines is 1. The average Bonchev–Trinajstić information content (AvgIpc) is 2.52. The minimum Gasteiger partial charge on any atom is -0.375 e. The summed E-state index contributed by atoms with van der Waals surface area (Å²) < 4.78 is 0. The first-order chi connectivity index (χ1) is 7.34. The van der Waals surface area contributed by atoms with Crippen LogP contribution in [0.15, 0.2) is 36.2 Å². The lowest BCUT2D eigenvalue weighted by molar-refractivity contribution is 1.10. The van der Waals surface area contributed by atoms with Gasteiger partial charge in [-0.05, 0) is 24.3 Å². The largest absolute Gasteiger partial charge is 0.375 e. The summed E-state index contributed by atoms with van der Waals surface area (Å²) in [6.45, 7) is 0. The molecular weight excluding hydrogens is 206 g/mol. The monoisotopic (exact) mass is 215 g/mol. The van der Waals surface area contributed by atoms with Gasteiger partial charge in [-0.2, -0.15) is 0 Å². The highest BCUT2D eigenvalue weighted by molar-refractivity contribution is 7.16. The van der Waals surface area contributed by atoms with E-state index in [1.165, 1.54) is 11.3 Å². The van der Waals surface area contributed by atoms with Gasteiger partial charge in [-0.15, -0.1) is 0 Å². The summed E-state index contributed by atoms with van der Waals surface area (Å²) in [5, 5.41) is 3.81. The van der Waals surface area contributed by atoms with E-state index in [9.17, 15) is 0 Å². The SMILES string of the molecule is Nc1nc2c(s1)C=CC=C1NC=CC=C12. The van der Waals surface area contributed by atoms with Crippen LogP contribution in [-0.4, -0.2) is 4.98 Å². The zero-order valence-corrected chi connectivity index (χ0v) is 8.71. The molecular formula is C11H9N3S. The van der Waals surface area contributed by atoms with Crippen LogP contribution in [-0.2, 0) is 0 Å². The minimum absolute atomic E-state index is 0.612. The smallest absolute Gasteiger partial charge is 0.181 e. The highest BCUT2D eigenvalue weighted by Crippen LogP contribution is 2.33. The van der Waals surface area contributed by atoms with Crippen molar-refractivity contribution in [3.8, 4) is 0 Å². The molecule has 1 aromatic rings. The van der Waals surface area contributed by atoms with E-state index in [-0.39, 0.29) is 0 Å². The van der Waals surface area contributed by atoms with Crippen molar-refractivity contribution in [2.24, 2.45) is 0 Å². The maximum atomic E-state index is 5.72. The molecule has 0 amide bonds. The number of hydrogen-bond acceptors (Lipinski definition) is 4. The van der Waals surface area contributed by atoms with E-state index in [2.05, 4.69) is 10.3 Å². The van der Waals surface area contributed by atoms with E-state index in [1.807, 2.05) is 36.6 Å². The molecule has 15 heavy (non-hydrogen) atoms.